The lowest BCUT2D eigenvalue weighted by molar-refractivity contribution is -0.140. The van der Waals surface area contributed by atoms with Crippen LogP contribution in [0.15, 0.2) is 0 Å². The highest BCUT2D eigenvalue weighted by atomic mass is 19.1. The molecule has 0 aromatic carbocycles. The third kappa shape index (κ3) is 1.47. The van der Waals surface area contributed by atoms with Gasteiger partial charge in [0.25, 0.3) is 0 Å². The average Bonchev–Trinajstić information content (AvgIpc) is 1.83. The van der Waals surface area contributed by atoms with Crippen LogP contribution in [0.1, 0.15) is 26.7 Å². The Morgan fingerprint density at radius 3 is 2.45 bits per heavy atom. The van der Waals surface area contributed by atoms with Crippen LogP contribution in [0.25, 0.3) is 0 Å². The second-order valence-electron chi connectivity index (χ2n) is 3.62. The monoisotopic (exact) mass is 158 g/mol. The van der Waals surface area contributed by atoms with Crippen molar-refractivity contribution in [1.29, 1.82) is 0 Å². The van der Waals surface area contributed by atoms with E-state index in [4.69, 9.17) is 0 Å². The Bertz CT molecular complexity index is 208. The van der Waals surface area contributed by atoms with Crippen molar-refractivity contribution in [1.82, 2.24) is 0 Å². The van der Waals surface area contributed by atoms with Crippen molar-refractivity contribution in [3.05, 3.63) is 0 Å². The molecule has 0 bridgehead atoms. The zero-order valence-corrected chi connectivity index (χ0v) is 6.69. The number of hydrogen-bond donors (Lipinski definition) is 0. The predicted molar refractivity (Wildman–Crippen MR) is 37.9 cm³/mol. The van der Waals surface area contributed by atoms with E-state index >= 15 is 0 Å². The van der Waals surface area contributed by atoms with Gasteiger partial charge in [-0.25, -0.2) is 4.39 Å². The van der Waals surface area contributed by atoms with Crippen molar-refractivity contribution in [3.63, 3.8) is 0 Å². The second kappa shape index (κ2) is 2.40. The molecular weight excluding hydrogens is 147 g/mol. The molecule has 0 heterocycles. The van der Waals surface area contributed by atoms with Gasteiger partial charge in [0.05, 0.1) is 6.42 Å². The number of rotatable bonds is 0. The van der Waals surface area contributed by atoms with E-state index in [1.165, 1.54) is 0 Å². The smallest absolute Gasteiger partial charge is 0.174 e. The Labute approximate surface area is 64.8 Å². The molecule has 3 heteroatoms. The van der Waals surface area contributed by atoms with E-state index in [2.05, 4.69) is 0 Å². The highest BCUT2D eigenvalue weighted by Crippen LogP contribution is 2.31. The molecule has 1 unspecified atom stereocenters. The topological polar surface area (TPSA) is 34.1 Å². The fourth-order valence-corrected chi connectivity index (χ4v) is 1.18. The van der Waals surface area contributed by atoms with Gasteiger partial charge < -0.3 is 0 Å². The van der Waals surface area contributed by atoms with Crippen LogP contribution in [0.5, 0.6) is 0 Å². The molecule has 0 amide bonds. The molecule has 62 valence electrons. The maximum Gasteiger partial charge on any atom is 0.174 e. The first kappa shape index (κ1) is 8.37. The normalized spacial score (nSPS) is 30.6. The SMILES string of the molecule is CC1(C)CC(F)C(=O)CC1=O. The van der Waals surface area contributed by atoms with Gasteiger partial charge in [-0.3, -0.25) is 9.59 Å². The van der Waals surface area contributed by atoms with Crippen LogP contribution in [-0.2, 0) is 9.59 Å². The van der Waals surface area contributed by atoms with Crippen LogP contribution in [0.3, 0.4) is 0 Å². The third-order valence-corrected chi connectivity index (χ3v) is 2.13. The van der Waals surface area contributed by atoms with Gasteiger partial charge in [-0.05, 0) is 6.42 Å². The summed E-state index contributed by atoms with van der Waals surface area (Å²) in [5.41, 5.74) is -0.646. The van der Waals surface area contributed by atoms with Crippen molar-refractivity contribution in [2.24, 2.45) is 5.41 Å². The summed E-state index contributed by atoms with van der Waals surface area (Å²) in [6.07, 6.45) is -1.61. The van der Waals surface area contributed by atoms with E-state index < -0.39 is 17.4 Å². The summed E-state index contributed by atoms with van der Waals surface area (Å²) < 4.78 is 12.7. The molecular formula is C8H11FO2. The molecule has 1 saturated carbocycles. The highest BCUT2D eigenvalue weighted by molar-refractivity contribution is 6.05. The molecule has 1 fully saturated rings. The van der Waals surface area contributed by atoms with Gasteiger partial charge in [-0.2, -0.15) is 0 Å². The van der Waals surface area contributed by atoms with Gasteiger partial charge in [0, 0.05) is 5.41 Å². The van der Waals surface area contributed by atoms with E-state index in [1.54, 1.807) is 13.8 Å². The van der Waals surface area contributed by atoms with Gasteiger partial charge in [-0.1, -0.05) is 13.8 Å². The van der Waals surface area contributed by atoms with Crippen molar-refractivity contribution in [2.45, 2.75) is 32.9 Å². The lowest BCUT2D eigenvalue weighted by Crippen LogP contribution is -2.39. The van der Waals surface area contributed by atoms with Crippen LogP contribution in [0, 0.1) is 5.41 Å². The first-order valence-corrected chi connectivity index (χ1v) is 3.63. The lowest BCUT2D eigenvalue weighted by Gasteiger charge is -2.28. The van der Waals surface area contributed by atoms with Gasteiger partial charge in [0.1, 0.15) is 5.78 Å². The molecule has 1 aliphatic rings. The lowest BCUT2D eigenvalue weighted by atomic mass is 9.75. The van der Waals surface area contributed by atoms with Crippen molar-refractivity contribution < 1.29 is 14.0 Å². The molecule has 0 aromatic rings. The summed E-state index contributed by atoms with van der Waals surface area (Å²) in [4.78, 5) is 21.8. The summed E-state index contributed by atoms with van der Waals surface area (Å²) in [7, 11) is 0. The molecule has 2 nitrogen and oxygen atoms in total. The highest BCUT2D eigenvalue weighted by Gasteiger charge is 2.40. The molecule has 0 aliphatic heterocycles. The van der Waals surface area contributed by atoms with Gasteiger partial charge >= 0.3 is 0 Å². The summed E-state index contributed by atoms with van der Waals surface area (Å²) in [5.74, 6) is -0.703. The summed E-state index contributed by atoms with van der Waals surface area (Å²) in [6.45, 7) is 3.35. The number of alkyl halides is 1. The number of carbonyl (C=O) groups excluding carboxylic acids is 2. The standard InChI is InChI=1S/C8H11FO2/c1-8(2)4-5(9)6(10)3-7(8)11/h5H,3-4H2,1-2H3. The Balaban J connectivity index is 2.79. The Morgan fingerprint density at radius 1 is 1.45 bits per heavy atom. The summed E-state index contributed by atoms with van der Waals surface area (Å²) in [5, 5.41) is 0. The summed E-state index contributed by atoms with van der Waals surface area (Å²) >= 11 is 0. The van der Waals surface area contributed by atoms with Gasteiger partial charge in [0.2, 0.25) is 0 Å². The van der Waals surface area contributed by atoms with E-state index in [0.29, 0.717) is 0 Å². The second-order valence-corrected chi connectivity index (χ2v) is 3.62. The van der Waals surface area contributed by atoms with Gasteiger partial charge in [0.15, 0.2) is 12.0 Å². The molecule has 0 aromatic heterocycles. The van der Waals surface area contributed by atoms with Crippen LogP contribution in [0.2, 0.25) is 0 Å². The van der Waals surface area contributed by atoms with E-state index in [1.807, 2.05) is 0 Å². The van der Waals surface area contributed by atoms with Crippen molar-refractivity contribution in [3.8, 4) is 0 Å². The van der Waals surface area contributed by atoms with E-state index in [9.17, 15) is 14.0 Å². The molecule has 0 N–H and O–H groups in total. The first-order chi connectivity index (χ1) is 4.93. The minimum atomic E-state index is -1.43. The summed E-state index contributed by atoms with van der Waals surface area (Å²) in [6, 6.07) is 0. The number of halogens is 1. The zero-order valence-electron chi connectivity index (χ0n) is 6.69. The van der Waals surface area contributed by atoms with E-state index in [-0.39, 0.29) is 18.6 Å². The molecule has 0 radical (unpaired) electrons. The first-order valence-electron chi connectivity index (χ1n) is 3.63. The van der Waals surface area contributed by atoms with Crippen molar-refractivity contribution in [2.75, 3.05) is 0 Å². The Hall–Kier alpha value is -0.730. The number of ketones is 2. The fraction of sp³-hybridized carbons (Fsp3) is 0.750. The van der Waals surface area contributed by atoms with Crippen LogP contribution in [0.4, 0.5) is 4.39 Å². The molecule has 0 saturated heterocycles. The Morgan fingerprint density at radius 2 is 2.00 bits per heavy atom. The average molecular weight is 158 g/mol. The fourth-order valence-electron chi connectivity index (χ4n) is 1.18. The minimum absolute atomic E-state index is 0.0463. The van der Waals surface area contributed by atoms with Crippen LogP contribution in [-0.4, -0.2) is 17.7 Å². The predicted octanol–water partition coefficient (Wildman–Crippen LogP) is 1.28. The molecule has 1 aliphatic carbocycles. The maximum absolute atomic E-state index is 12.7. The third-order valence-electron chi connectivity index (χ3n) is 2.13. The number of carbonyl (C=O) groups is 2. The largest absolute Gasteiger partial charge is 0.299 e. The van der Waals surface area contributed by atoms with E-state index in [0.717, 1.165) is 0 Å². The van der Waals surface area contributed by atoms with Crippen molar-refractivity contribution >= 4 is 11.6 Å². The Kier molecular flexibility index (Phi) is 1.82. The molecule has 11 heavy (non-hydrogen) atoms. The van der Waals surface area contributed by atoms with Crippen LogP contribution >= 0.6 is 0 Å². The molecule has 1 rings (SSSR count). The quantitative estimate of drug-likeness (QED) is 0.498. The number of Topliss-reactive ketones (excluding diaryl/α,β-unsaturated/α-hetero) is 2. The molecule has 1 atom stereocenters. The van der Waals surface area contributed by atoms with Gasteiger partial charge in [-0.15, -0.1) is 0 Å². The van der Waals surface area contributed by atoms with Crippen LogP contribution < -0.4 is 0 Å². The molecule has 0 spiro atoms. The zero-order chi connectivity index (χ0) is 8.65. The minimum Gasteiger partial charge on any atom is -0.299 e. The number of hydrogen-bond acceptors (Lipinski definition) is 2. The maximum atomic E-state index is 12.7.